The van der Waals surface area contributed by atoms with Gasteiger partial charge in [-0.25, -0.2) is 0 Å². The molecule has 0 fully saturated rings. The van der Waals surface area contributed by atoms with E-state index in [0.29, 0.717) is 0 Å². The summed E-state index contributed by atoms with van der Waals surface area (Å²) in [5.41, 5.74) is 0. The average Bonchev–Trinajstić information content (AvgIpc) is 1.67. The maximum atomic E-state index is 5.85. The molecule has 8 heavy (non-hydrogen) atoms. The second kappa shape index (κ2) is 2.99. The van der Waals surface area contributed by atoms with Gasteiger partial charge in [-0.1, -0.05) is 12.8 Å². The van der Waals surface area contributed by atoms with Crippen LogP contribution in [0.5, 0.6) is 0 Å². The first-order valence-electron chi connectivity index (χ1n) is 2.75. The van der Waals surface area contributed by atoms with Crippen LogP contribution in [0.25, 0.3) is 0 Å². The molecular weight excluding hydrogens is 120 g/mol. The lowest BCUT2D eigenvalue weighted by Gasteiger charge is -2.09. The standard InChI is InChI=1S/C7H11Cl/c1-4-6-7(3,8)5-2/h5H2,1-3H3. The van der Waals surface area contributed by atoms with Crippen molar-refractivity contribution >= 4 is 11.6 Å². The van der Waals surface area contributed by atoms with Crippen LogP contribution in [-0.4, -0.2) is 4.87 Å². The lowest BCUT2D eigenvalue weighted by molar-refractivity contribution is 0.766. The van der Waals surface area contributed by atoms with Crippen molar-refractivity contribution in [3.05, 3.63) is 0 Å². The van der Waals surface area contributed by atoms with Gasteiger partial charge in [0.25, 0.3) is 0 Å². The van der Waals surface area contributed by atoms with Crippen molar-refractivity contribution in [2.45, 2.75) is 32.1 Å². The third-order valence-corrected chi connectivity index (χ3v) is 1.41. The van der Waals surface area contributed by atoms with Gasteiger partial charge >= 0.3 is 0 Å². The zero-order valence-corrected chi connectivity index (χ0v) is 6.34. The maximum Gasteiger partial charge on any atom is 0.102 e. The first kappa shape index (κ1) is 7.85. The molecule has 0 bridgehead atoms. The molecule has 0 aliphatic carbocycles. The van der Waals surface area contributed by atoms with Gasteiger partial charge in [0, 0.05) is 0 Å². The van der Waals surface area contributed by atoms with Crippen molar-refractivity contribution in [3.8, 4) is 11.8 Å². The van der Waals surface area contributed by atoms with E-state index in [0.717, 1.165) is 6.42 Å². The second-order valence-electron chi connectivity index (χ2n) is 1.93. The van der Waals surface area contributed by atoms with E-state index >= 15 is 0 Å². The van der Waals surface area contributed by atoms with Crippen molar-refractivity contribution in [1.82, 2.24) is 0 Å². The van der Waals surface area contributed by atoms with Crippen LogP contribution in [0.2, 0.25) is 0 Å². The molecule has 0 nitrogen and oxygen atoms in total. The number of hydrogen-bond acceptors (Lipinski definition) is 0. The van der Waals surface area contributed by atoms with Gasteiger partial charge in [0.15, 0.2) is 0 Å². The molecule has 46 valence electrons. The minimum absolute atomic E-state index is 0.297. The summed E-state index contributed by atoms with van der Waals surface area (Å²) in [5.74, 6) is 5.66. The SMILES string of the molecule is CC#CC(C)(Cl)CC. The molecule has 0 saturated carbocycles. The fourth-order valence-corrected chi connectivity index (χ4v) is 0.444. The van der Waals surface area contributed by atoms with Gasteiger partial charge in [0.05, 0.1) is 0 Å². The van der Waals surface area contributed by atoms with Crippen LogP contribution in [0.4, 0.5) is 0 Å². The van der Waals surface area contributed by atoms with Crippen molar-refractivity contribution in [3.63, 3.8) is 0 Å². The van der Waals surface area contributed by atoms with Crippen LogP contribution in [-0.2, 0) is 0 Å². The fraction of sp³-hybridized carbons (Fsp3) is 0.714. The van der Waals surface area contributed by atoms with E-state index in [1.54, 1.807) is 6.92 Å². The molecule has 0 spiro atoms. The van der Waals surface area contributed by atoms with Crippen LogP contribution in [0.1, 0.15) is 27.2 Å². The zero-order chi connectivity index (χ0) is 6.62. The lowest BCUT2D eigenvalue weighted by atomic mass is 10.1. The van der Waals surface area contributed by atoms with E-state index in [1.807, 2.05) is 13.8 Å². The molecule has 0 heterocycles. The summed E-state index contributed by atoms with van der Waals surface area (Å²) in [5, 5.41) is 0. The number of hydrogen-bond donors (Lipinski definition) is 0. The van der Waals surface area contributed by atoms with Gasteiger partial charge in [-0.2, -0.15) is 0 Å². The molecule has 0 aliphatic heterocycles. The molecule has 0 rings (SSSR count). The Balaban J connectivity index is 3.85. The topological polar surface area (TPSA) is 0 Å². The Morgan fingerprint density at radius 2 is 2.12 bits per heavy atom. The highest BCUT2D eigenvalue weighted by atomic mass is 35.5. The highest BCUT2D eigenvalue weighted by Gasteiger charge is 2.12. The molecule has 0 N–H and O–H groups in total. The summed E-state index contributed by atoms with van der Waals surface area (Å²) in [6.07, 6.45) is 0.898. The van der Waals surface area contributed by atoms with Crippen molar-refractivity contribution in [2.24, 2.45) is 0 Å². The smallest absolute Gasteiger partial charge is 0.102 e. The third-order valence-electron chi connectivity index (χ3n) is 1.05. The molecule has 0 aromatic carbocycles. The van der Waals surface area contributed by atoms with E-state index in [9.17, 15) is 0 Å². The van der Waals surface area contributed by atoms with Crippen LogP contribution < -0.4 is 0 Å². The van der Waals surface area contributed by atoms with Gasteiger partial charge in [-0.3, -0.25) is 0 Å². The molecular formula is C7H11Cl. The quantitative estimate of drug-likeness (QED) is 0.378. The first-order valence-corrected chi connectivity index (χ1v) is 3.13. The Bertz CT molecular complexity index is 114. The number of rotatable bonds is 1. The molecule has 0 radical (unpaired) electrons. The van der Waals surface area contributed by atoms with E-state index in [2.05, 4.69) is 11.8 Å². The van der Waals surface area contributed by atoms with Gasteiger partial charge < -0.3 is 0 Å². The van der Waals surface area contributed by atoms with E-state index < -0.39 is 0 Å². The van der Waals surface area contributed by atoms with Crippen molar-refractivity contribution in [1.29, 1.82) is 0 Å². The van der Waals surface area contributed by atoms with Gasteiger partial charge in [-0.15, -0.1) is 17.5 Å². The maximum absolute atomic E-state index is 5.85. The summed E-state index contributed by atoms with van der Waals surface area (Å²) < 4.78 is 0. The summed E-state index contributed by atoms with van der Waals surface area (Å²) >= 11 is 5.85. The summed E-state index contributed by atoms with van der Waals surface area (Å²) in [4.78, 5) is -0.297. The van der Waals surface area contributed by atoms with Gasteiger partial charge in [0.1, 0.15) is 4.87 Å². The number of halogens is 1. The monoisotopic (exact) mass is 130 g/mol. The molecule has 0 saturated heterocycles. The van der Waals surface area contributed by atoms with E-state index in [1.165, 1.54) is 0 Å². The minimum atomic E-state index is -0.297. The van der Waals surface area contributed by atoms with E-state index in [4.69, 9.17) is 11.6 Å². The molecule has 0 aromatic rings. The van der Waals surface area contributed by atoms with Crippen LogP contribution >= 0.6 is 11.6 Å². The Morgan fingerprint density at radius 3 is 2.25 bits per heavy atom. The predicted molar refractivity (Wildman–Crippen MR) is 38.0 cm³/mol. The number of alkyl halides is 1. The summed E-state index contributed by atoms with van der Waals surface area (Å²) in [7, 11) is 0. The Morgan fingerprint density at radius 1 is 1.62 bits per heavy atom. The molecule has 0 amide bonds. The van der Waals surface area contributed by atoms with Crippen LogP contribution in [0, 0.1) is 11.8 Å². The molecule has 0 aromatic heterocycles. The summed E-state index contributed by atoms with van der Waals surface area (Å²) in [6.45, 7) is 5.75. The minimum Gasteiger partial charge on any atom is -0.105 e. The molecule has 0 aliphatic rings. The van der Waals surface area contributed by atoms with Gasteiger partial charge in [-0.05, 0) is 20.3 Å². The van der Waals surface area contributed by atoms with Crippen LogP contribution in [0.3, 0.4) is 0 Å². The Kier molecular flexibility index (Phi) is 2.94. The third kappa shape index (κ3) is 2.93. The normalized spacial score (nSPS) is 16.0. The van der Waals surface area contributed by atoms with Crippen LogP contribution in [0.15, 0.2) is 0 Å². The molecule has 1 unspecified atom stereocenters. The average molecular weight is 131 g/mol. The lowest BCUT2D eigenvalue weighted by Crippen LogP contribution is -2.09. The largest absolute Gasteiger partial charge is 0.105 e. The highest BCUT2D eigenvalue weighted by Crippen LogP contribution is 2.16. The summed E-state index contributed by atoms with van der Waals surface area (Å²) in [6, 6.07) is 0. The van der Waals surface area contributed by atoms with Crippen molar-refractivity contribution in [2.75, 3.05) is 0 Å². The van der Waals surface area contributed by atoms with E-state index in [-0.39, 0.29) is 4.87 Å². The highest BCUT2D eigenvalue weighted by molar-refractivity contribution is 6.25. The van der Waals surface area contributed by atoms with Gasteiger partial charge in [0.2, 0.25) is 0 Å². The second-order valence-corrected chi connectivity index (χ2v) is 2.76. The first-order chi connectivity index (χ1) is 3.62. The predicted octanol–water partition coefficient (Wildman–Crippen LogP) is 2.42. The fourth-order valence-electron chi connectivity index (χ4n) is 0.349. The van der Waals surface area contributed by atoms with Crippen molar-refractivity contribution < 1.29 is 0 Å². The Labute approximate surface area is 56.2 Å². The molecule has 1 heteroatoms. The Hall–Kier alpha value is -0.150. The molecule has 1 atom stereocenters. The zero-order valence-electron chi connectivity index (χ0n) is 5.59.